The number of nitrogens with zero attached hydrogens (tertiary/aromatic N) is 3. The summed E-state index contributed by atoms with van der Waals surface area (Å²) in [5, 5.41) is 5.55. The predicted molar refractivity (Wildman–Crippen MR) is 137 cm³/mol. The molecule has 0 bridgehead atoms. The van der Waals surface area contributed by atoms with Crippen molar-refractivity contribution in [2.75, 3.05) is 6.54 Å². The van der Waals surface area contributed by atoms with Crippen LogP contribution in [0.15, 0.2) is 55.4 Å². The lowest BCUT2D eigenvalue weighted by Crippen LogP contribution is -2.57. The van der Waals surface area contributed by atoms with Gasteiger partial charge in [-0.05, 0) is 18.4 Å². The molecule has 6 N–H and O–H groups in total. The predicted octanol–water partition coefficient (Wildman–Crippen LogP) is -0.352. The van der Waals surface area contributed by atoms with Gasteiger partial charge in [-0.25, -0.2) is 9.97 Å². The van der Waals surface area contributed by atoms with Crippen molar-refractivity contribution >= 4 is 24.0 Å². The molecule has 4 rings (SSSR count). The van der Waals surface area contributed by atoms with Gasteiger partial charge in [-0.1, -0.05) is 30.3 Å². The van der Waals surface area contributed by atoms with Gasteiger partial charge >= 0.3 is 0 Å². The first-order valence-electron chi connectivity index (χ1n) is 12.5. The van der Waals surface area contributed by atoms with E-state index in [0.29, 0.717) is 31.4 Å². The van der Waals surface area contributed by atoms with E-state index in [1.165, 1.54) is 17.6 Å². The van der Waals surface area contributed by atoms with Gasteiger partial charge in [-0.15, -0.1) is 0 Å². The molecular weight excluding hydrogens is 488 g/mol. The van der Waals surface area contributed by atoms with Gasteiger partial charge in [-0.3, -0.25) is 14.4 Å². The van der Waals surface area contributed by atoms with Crippen LogP contribution in [0.5, 0.6) is 0 Å². The summed E-state index contributed by atoms with van der Waals surface area (Å²) < 4.78 is 0. The Morgan fingerprint density at radius 1 is 1.03 bits per heavy atom. The summed E-state index contributed by atoms with van der Waals surface area (Å²) in [5.41, 5.74) is 8.41. The van der Waals surface area contributed by atoms with Crippen LogP contribution in [0, 0.1) is 0 Å². The Kier molecular flexibility index (Phi) is 8.98. The number of aromatic nitrogens is 4. The Balaban J connectivity index is 1.44. The monoisotopic (exact) mass is 520 g/mol. The van der Waals surface area contributed by atoms with Crippen molar-refractivity contribution in [1.82, 2.24) is 35.5 Å². The molecule has 38 heavy (non-hydrogen) atoms. The molecule has 1 aliphatic rings. The molecule has 0 aliphatic carbocycles. The number of hydrogen-bond donors (Lipinski definition) is 5. The van der Waals surface area contributed by atoms with Crippen LogP contribution in [0.3, 0.4) is 0 Å². The second-order valence-corrected chi connectivity index (χ2v) is 9.36. The number of carbonyl (C=O) groups is 4. The number of aromatic amines is 2. The fourth-order valence-corrected chi connectivity index (χ4v) is 4.61. The summed E-state index contributed by atoms with van der Waals surface area (Å²) >= 11 is 0. The molecule has 3 aromatic rings. The largest absolute Gasteiger partial charge is 0.348 e. The van der Waals surface area contributed by atoms with Crippen LogP contribution < -0.4 is 16.4 Å². The lowest BCUT2D eigenvalue weighted by molar-refractivity contribution is -0.140. The molecule has 1 aliphatic heterocycles. The fourth-order valence-electron chi connectivity index (χ4n) is 4.61. The zero-order chi connectivity index (χ0) is 26.9. The molecule has 4 atom stereocenters. The van der Waals surface area contributed by atoms with Crippen molar-refractivity contribution in [2.45, 2.75) is 56.3 Å². The summed E-state index contributed by atoms with van der Waals surface area (Å²) in [6, 6.07) is 5.93. The first-order valence-corrected chi connectivity index (χ1v) is 12.5. The normalized spacial score (nSPS) is 17.4. The van der Waals surface area contributed by atoms with Crippen molar-refractivity contribution in [3.05, 3.63) is 72.3 Å². The second kappa shape index (κ2) is 12.8. The molecule has 200 valence electrons. The van der Waals surface area contributed by atoms with Crippen LogP contribution in [-0.2, 0) is 38.4 Å². The highest BCUT2D eigenvalue weighted by atomic mass is 16.2. The molecule has 1 fully saturated rings. The van der Waals surface area contributed by atoms with E-state index in [-0.39, 0.29) is 25.2 Å². The van der Waals surface area contributed by atoms with Crippen LogP contribution in [0.1, 0.15) is 29.8 Å². The Labute approximate surface area is 219 Å². The average Bonchev–Trinajstić information content (AvgIpc) is 3.71. The van der Waals surface area contributed by atoms with E-state index in [4.69, 9.17) is 5.73 Å². The molecule has 0 unspecified atom stereocenters. The van der Waals surface area contributed by atoms with Gasteiger partial charge in [0.15, 0.2) is 0 Å². The molecule has 0 saturated carbocycles. The van der Waals surface area contributed by atoms with Gasteiger partial charge in [0.05, 0.1) is 24.7 Å². The molecule has 1 aromatic carbocycles. The number of amides is 3. The van der Waals surface area contributed by atoms with Crippen LogP contribution in [0.25, 0.3) is 0 Å². The quantitative estimate of drug-likeness (QED) is 0.202. The number of rotatable bonds is 12. The van der Waals surface area contributed by atoms with Gasteiger partial charge in [-0.2, -0.15) is 0 Å². The number of nitrogens with two attached hydrogens (primary N) is 1. The Morgan fingerprint density at radius 3 is 2.34 bits per heavy atom. The van der Waals surface area contributed by atoms with Crippen molar-refractivity contribution in [2.24, 2.45) is 5.73 Å². The minimum absolute atomic E-state index is 0.216. The molecule has 3 heterocycles. The topological polar surface area (TPSA) is 179 Å². The third-order valence-corrected chi connectivity index (χ3v) is 6.55. The summed E-state index contributed by atoms with van der Waals surface area (Å²) in [4.78, 5) is 66.6. The molecule has 2 aromatic heterocycles. The van der Waals surface area contributed by atoms with Crippen molar-refractivity contribution in [1.29, 1.82) is 0 Å². The van der Waals surface area contributed by atoms with Crippen LogP contribution in [0.4, 0.5) is 0 Å². The van der Waals surface area contributed by atoms with Crippen LogP contribution in [0.2, 0.25) is 0 Å². The van der Waals surface area contributed by atoms with Crippen molar-refractivity contribution in [3.8, 4) is 0 Å². The Hall–Kier alpha value is -4.32. The maximum atomic E-state index is 13.4. The van der Waals surface area contributed by atoms with Gasteiger partial charge in [0, 0.05) is 49.6 Å². The van der Waals surface area contributed by atoms with E-state index < -0.39 is 36.0 Å². The highest BCUT2D eigenvalue weighted by Crippen LogP contribution is 2.19. The highest BCUT2D eigenvalue weighted by Gasteiger charge is 2.38. The third-order valence-electron chi connectivity index (χ3n) is 6.55. The molecule has 12 nitrogen and oxygen atoms in total. The van der Waals surface area contributed by atoms with E-state index in [2.05, 4.69) is 30.6 Å². The van der Waals surface area contributed by atoms with E-state index in [0.717, 1.165) is 11.3 Å². The van der Waals surface area contributed by atoms with E-state index >= 15 is 0 Å². The van der Waals surface area contributed by atoms with E-state index in [9.17, 15) is 19.2 Å². The number of benzene rings is 1. The standard InChI is InChI=1S/C26H32N8O4/c27-21(11-19-13-29-16-31-19)26(38)34-8-4-7-23(34)25(37)33-22(9-17-5-2-1-3-6-17)24(36)32-20(14-35)10-18-12-28-15-30-18/h1-3,5-6,12-16,20-23H,4,7-11,27H2,(H,28,30)(H,29,31)(H,32,36)(H,33,37)/t20-,21-,22-,23-/m0/s1. The minimum Gasteiger partial charge on any atom is -0.348 e. The molecule has 0 spiro atoms. The number of carbonyl (C=O) groups excluding carboxylic acids is 4. The maximum Gasteiger partial charge on any atom is 0.243 e. The zero-order valence-electron chi connectivity index (χ0n) is 20.9. The van der Waals surface area contributed by atoms with Gasteiger partial charge in [0.2, 0.25) is 17.7 Å². The number of H-pyrrole nitrogens is 2. The van der Waals surface area contributed by atoms with Crippen molar-refractivity contribution < 1.29 is 19.2 Å². The number of aldehydes is 1. The molecule has 1 saturated heterocycles. The molecule has 0 radical (unpaired) electrons. The van der Waals surface area contributed by atoms with Gasteiger partial charge < -0.3 is 36.0 Å². The minimum atomic E-state index is -0.953. The first-order chi connectivity index (χ1) is 18.4. The summed E-state index contributed by atoms with van der Waals surface area (Å²) in [6.45, 7) is 0.403. The number of imidazole rings is 2. The first kappa shape index (κ1) is 26.7. The smallest absolute Gasteiger partial charge is 0.243 e. The van der Waals surface area contributed by atoms with Crippen molar-refractivity contribution in [3.63, 3.8) is 0 Å². The SMILES string of the molecule is N[C@@H](Cc1cnc[nH]1)C(=O)N1CCC[C@H]1C(=O)N[C@@H](Cc1ccccc1)C(=O)N[C@H](C=O)Cc1cnc[nH]1. The van der Waals surface area contributed by atoms with Gasteiger partial charge in [0.1, 0.15) is 18.4 Å². The average molecular weight is 521 g/mol. The summed E-state index contributed by atoms with van der Waals surface area (Å²) in [7, 11) is 0. The third kappa shape index (κ3) is 6.91. The second-order valence-electron chi connectivity index (χ2n) is 9.36. The summed E-state index contributed by atoms with van der Waals surface area (Å²) in [6.07, 6.45) is 8.67. The summed E-state index contributed by atoms with van der Waals surface area (Å²) in [5.74, 6) is -1.26. The number of likely N-dealkylation sites (tertiary alicyclic amines) is 1. The number of nitrogens with one attached hydrogen (secondary N) is 4. The Bertz CT molecular complexity index is 1200. The maximum absolute atomic E-state index is 13.4. The molecule has 3 amide bonds. The van der Waals surface area contributed by atoms with Gasteiger partial charge in [0.25, 0.3) is 0 Å². The van der Waals surface area contributed by atoms with Crippen LogP contribution >= 0.6 is 0 Å². The lowest BCUT2D eigenvalue weighted by atomic mass is 10.0. The molecular formula is C26H32N8O4. The fraction of sp³-hybridized carbons (Fsp3) is 0.385. The van der Waals surface area contributed by atoms with Crippen LogP contribution in [-0.4, -0.2) is 79.6 Å². The molecule has 12 heteroatoms. The lowest BCUT2D eigenvalue weighted by Gasteiger charge is -2.28. The Morgan fingerprint density at radius 2 is 1.71 bits per heavy atom. The zero-order valence-corrected chi connectivity index (χ0v) is 20.9. The van der Waals surface area contributed by atoms with E-state index in [1.807, 2.05) is 30.3 Å². The number of hydrogen-bond acceptors (Lipinski definition) is 7. The highest BCUT2D eigenvalue weighted by molar-refractivity contribution is 5.94. The van der Waals surface area contributed by atoms with E-state index in [1.54, 1.807) is 12.4 Å².